The van der Waals surface area contributed by atoms with Gasteiger partial charge < -0.3 is 10.6 Å². The van der Waals surface area contributed by atoms with Crippen molar-refractivity contribution < 1.29 is 14.4 Å². The minimum atomic E-state index is -0.236. The lowest BCUT2D eigenvalue weighted by molar-refractivity contribution is -0.125. The number of hydrogen-bond donors (Lipinski definition) is 2. The van der Waals surface area contributed by atoms with Crippen LogP contribution in [0.4, 0.5) is 5.69 Å². The lowest BCUT2D eigenvalue weighted by Crippen LogP contribution is -2.34. The third-order valence-corrected chi connectivity index (χ3v) is 5.43. The summed E-state index contributed by atoms with van der Waals surface area (Å²) in [6, 6.07) is 15.6. The average molecular weight is 413 g/mol. The number of aryl methyl sites for hydroxylation is 2. The molecule has 6 heteroatoms. The Hall–Kier alpha value is -2.60. The first-order chi connectivity index (χ1) is 13.9. The molecule has 0 aromatic heterocycles. The Morgan fingerprint density at radius 1 is 1.03 bits per heavy atom. The lowest BCUT2D eigenvalue weighted by Gasteiger charge is -2.12. The molecule has 0 fully saturated rings. The highest BCUT2D eigenvalue weighted by Gasteiger charge is 2.15. The first-order valence-electron chi connectivity index (χ1n) is 9.75. The summed E-state index contributed by atoms with van der Waals surface area (Å²) in [5, 5.41) is 5.26. The van der Waals surface area contributed by atoms with Crippen molar-refractivity contribution in [2.24, 2.45) is 5.92 Å². The van der Waals surface area contributed by atoms with E-state index in [0.29, 0.717) is 6.42 Å². The van der Waals surface area contributed by atoms with Crippen molar-refractivity contribution in [2.75, 3.05) is 17.6 Å². The molecule has 0 radical (unpaired) electrons. The van der Waals surface area contributed by atoms with E-state index in [0.717, 1.165) is 35.0 Å². The van der Waals surface area contributed by atoms with Gasteiger partial charge in [-0.3, -0.25) is 14.4 Å². The average Bonchev–Trinajstić information content (AvgIpc) is 2.72. The normalized spacial score (nSPS) is 11.6. The van der Waals surface area contributed by atoms with Crippen LogP contribution in [0.25, 0.3) is 0 Å². The van der Waals surface area contributed by atoms with Gasteiger partial charge >= 0.3 is 0 Å². The van der Waals surface area contributed by atoms with Crippen LogP contribution >= 0.6 is 11.8 Å². The summed E-state index contributed by atoms with van der Waals surface area (Å²) in [7, 11) is 0. The van der Waals surface area contributed by atoms with Crippen LogP contribution < -0.4 is 10.6 Å². The summed E-state index contributed by atoms with van der Waals surface area (Å²) in [5.41, 5.74) is 4.08. The van der Waals surface area contributed by atoms with Gasteiger partial charge in [0.25, 0.3) is 0 Å². The molecule has 2 N–H and O–H groups in total. The monoisotopic (exact) mass is 412 g/mol. The fourth-order valence-corrected chi connectivity index (χ4v) is 3.38. The standard InChI is InChI=1S/C23H28N2O3S/c1-4-19-7-5-6-8-20(19)25-21(26)15-29-22(27)14-24-23(28)17(3)13-18-11-9-16(2)10-12-18/h5-12,17H,4,13-15H2,1-3H3,(H,24,28)(H,25,26)/t17-/m0/s1. The minimum Gasteiger partial charge on any atom is -0.348 e. The molecule has 0 spiro atoms. The molecule has 2 aromatic rings. The Morgan fingerprint density at radius 3 is 2.41 bits per heavy atom. The van der Waals surface area contributed by atoms with E-state index in [-0.39, 0.29) is 35.1 Å². The third kappa shape index (κ3) is 7.74. The van der Waals surface area contributed by atoms with E-state index in [1.54, 1.807) is 0 Å². The molecule has 1 atom stereocenters. The Kier molecular flexibility index (Phi) is 8.93. The van der Waals surface area contributed by atoms with Crippen LogP contribution in [0.2, 0.25) is 0 Å². The number of thioether (sulfide) groups is 1. The van der Waals surface area contributed by atoms with Gasteiger partial charge in [0.15, 0.2) is 0 Å². The van der Waals surface area contributed by atoms with Crippen LogP contribution in [0.3, 0.4) is 0 Å². The maximum Gasteiger partial charge on any atom is 0.234 e. The van der Waals surface area contributed by atoms with E-state index in [9.17, 15) is 14.4 Å². The van der Waals surface area contributed by atoms with E-state index < -0.39 is 0 Å². The fraction of sp³-hybridized carbons (Fsp3) is 0.348. The Balaban J connectivity index is 1.71. The fourth-order valence-electron chi connectivity index (χ4n) is 2.84. The molecule has 0 saturated carbocycles. The maximum atomic E-state index is 12.2. The second kappa shape index (κ2) is 11.4. The summed E-state index contributed by atoms with van der Waals surface area (Å²) in [6.45, 7) is 5.80. The second-order valence-corrected chi connectivity index (χ2v) is 8.06. The van der Waals surface area contributed by atoms with Crippen molar-refractivity contribution in [3.05, 3.63) is 65.2 Å². The molecule has 0 unspecified atom stereocenters. The van der Waals surface area contributed by atoms with Gasteiger partial charge in [-0.1, -0.05) is 73.6 Å². The van der Waals surface area contributed by atoms with Crippen LogP contribution in [0.15, 0.2) is 48.5 Å². The Labute approximate surface area is 176 Å². The molecule has 154 valence electrons. The topological polar surface area (TPSA) is 75.3 Å². The number of carbonyl (C=O) groups excluding carboxylic acids is 3. The molecule has 0 aliphatic heterocycles. The second-order valence-electron chi connectivity index (χ2n) is 7.03. The number of rotatable bonds is 9. The van der Waals surface area contributed by atoms with E-state index in [2.05, 4.69) is 10.6 Å². The summed E-state index contributed by atoms with van der Waals surface area (Å²) in [6.07, 6.45) is 1.43. The highest BCUT2D eigenvalue weighted by Crippen LogP contribution is 2.16. The number of benzene rings is 2. The van der Waals surface area contributed by atoms with Crippen LogP contribution in [-0.4, -0.2) is 29.2 Å². The van der Waals surface area contributed by atoms with Crippen LogP contribution in [0, 0.1) is 12.8 Å². The largest absolute Gasteiger partial charge is 0.348 e. The number of carbonyl (C=O) groups is 3. The zero-order valence-corrected chi connectivity index (χ0v) is 18.0. The molecule has 0 bridgehead atoms. The smallest absolute Gasteiger partial charge is 0.234 e. The SMILES string of the molecule is CCc1ccccc1NC(=O)CSC(=O)CNC(=O)[C@@H](C)Cc1ccc(C)cc1. The number of para-hydroxylation sites is 1. The van der Waals surface area contributed by atoms with Crippen LogP contribution in [0.5, 0.6) is 0 Å². The minimum absolute atomic E-state index is 0.0195. The van der Waals surface area contributed by atoms with Crippen LogP contribution in [0.1, 0.15) is 30.5 Å². The van der Waals surface area contributed by atoms with Gasteiger partial charge in [-0.2, -0.15) is 0 Å². The summed E-state index contributed by atoms with van der Waals surface area (Å²) < 4.78 is 0. The van der Waals surface area contributed by atoms with Crippen molar-refractivity contribution >= 4 is 34.4 Å². The van der Waals surface area contributed by atoms with E-state index in [1.165, 1.54) is 5.56 Å². The van der Waals surface area contributed by atoms with Gasteiger partial charge in [-0.25, -0.2) is 0 Å². The highest BCUT2D eigenvalue weighted by atomic mass is 32.2. The molecular formula is C23H28N2O3S. The number of anilines is 1. The first kappa shape index (κ1) is 22.7. The van der Waals surface area contributed by atoms with Crippen molar-refractivity contribution in [2.45, 2.75) is 33.6 Å². The molecule has 0 aliphatic rings. The van der Waals surface area contributed by atoms with Crippen molar-refractivity contribution in [3.63, 3.8) is 0 Å². The quantitative estimate of drug-likeness (QED) is 0.658. The molecule has 0 saturated heterocycles. The van der Waals surface area contributed by atoms with Gasteiger partial charge in [-0.15, -0.1) is 0 Å². The first-order valence-corrected chi connectivity index (χ1v) is 10.7. The Bertz CT molecular complexity index is 849. The lowest BCUT2D eigenvalue weighted by atomic mass is 9.99. The number of amides is 2. The van der Waals surface area contributed by atoms with Gasteiger partial charge in [-0.05, 0) is 37.0 Å². The molecule has 2 aromatic carbocycles. The van der Waals surface area contributed by atoms with Gasteiger partial charge in [0, 0.05) is 11.6 Å². The van der Waals surface area contributed by atoms with Crippen molar-refractivity contribution in [3.8, 4) is 0 Å². The summed E-state index contributed by atoms with van der Waals surface area (Å²) >= 11 is 0.911. The van der Waals surface area contributed by atoms with Crippen molar-refractivity contribution in [1.29, 1.82) is 0 Å². The van der Waals surface area contributed by atoms with Gasteiger partial charge in [0.05, 0.1) is 12.3 Å². The molecular weight excluding hydrogens is 384 g/mol. The van der Waals surface area contributed by atoms with E-state index >= 15 is 0 Å². The zero-order valence-electron chi connectivity index (χ0n) is 17.2. The zero-order chi connectivity index (χ0) is 21.2. The molecule has 0 heterocycles. The summed E-state index contributed by atoms with van der Waals surface area (Å²) in [5.74, 6) is -0.611. The molecule has 29 heavy (non-hydrogen) atoms. The Morgan fingerprint density at radius 2 is 1.72 bits per heavy atom. The number of nitrogens with one attached hydrogen (secondary N) is 2. The predicted molar refractivity (Wildman–Crippen MR) is 119 cm³/mol. The predicted octanol–water partition coefficient (Wildman–Crippen LogP) is 3.75. The van der Waals surface area contributed by atoms with Crippen molar-refractivity contribution in [1.82, 2.24) is 5.32 Å². The van der Waals surface area contributed by atoms with Gasteiger partial charge in [0.1, 0.15) is 0 Å². The van der Waals surface area contributed by atoms with Gasteiger partial charge in [0.2, 0.25) is 16.9 Å². The van der Waals surface area contributed by atoms with E-state index in [1.807, 2.05) is 69.3 Å². The van der Waals surface area contributed by atoms with Crippen LogP contribution in [-0.2, 0) is 27.2 Å². The molecule has 2 rings (SSSR count). The molecule has 2 amide bonds. The molecule has 5 nitrogen and oxygen atoms in total. The van der Waals surface area contributed by atoms with E-state index in [4.69, 9.17) is 0 Å². The highest BCUT2D eigenvalue weighted by molar-refractivity contribution is 8.14. The number of hydrogen-bond acceptors (Lipinski definition) is 4. The molecule has 0 aliphatic carbocycles. The third-order valence-electron chi connectivity index (χ3n) is 4.55. The maximum absolute atomic E-state index is 12.2. The summed E-state index contributed by atoms with van der Waals surface area (Å²) in [4.78, 5) is 36.3.